The monoisotopic (exact) mass is 293 g/mol. The Morgan fingerprint density at radius 1 is 1.17 bits per heavy atom. The van der Waals surface area contributed by atoms with Crippen LogP contribution in [-0.2, 0) is 4.74 Å². The molecule has 2 fully saturated rings. The zero-order valence-corrected chi connectivity index (χ0v) is 12.8. The van der Waals surface area contributed by atoms with Crippen molar-refractivity contribution in [2.45, 2.75) is 69.1 Å². The molecule has 0 aromatic rings. The second-order valence-corrected chi connectivity index (χ2v) is 6.77. The first kappa shape index (κ1) is 14.9. The van der Waals surface area contributed by atoms with Crippen LogP contribution in [0.15, 0.2) is 0 Å². The summed E-state index contributed by atoms with van der Waals surface area (Å²) < 4.78 is 6.33. The fourth-order valence-corrected chi connectivity index (χ4v) is 3.57. The molecular weight excluding hydrogens is 269 g/mol. The lowest BCUT2D eigenvalue weighted by Gasteiger charge is -2.34. The molecule has 4 heteroatoms. The third-order valence-electron chi connectivity index (χ3n) is 4.45. The van der Waals surface area contributed by atoms with Crippen molar-refractivity contribution in [1.82, 2.24) is 5.32 Å². The molecule has 1 spiro atoms. The van der Waals surface area contributed by atoms with Crippen molar-refractivity contribution >= 4 is 23.2 Å². The van der Waals surface area contributed by atoms with Gasteiger partial charge < -0.3 is 10.1 Å². The maximum atomic E-state index is 6.33. The maximum absolute atomic E-state index is 6.33. The molecule has 0 radical (unpaired) electrons. The Morgan fingerprint density at radius 2 is 1.83 bits per heavy atom. The molecule has 1 unspecified atom stereocenters. The molecule has 1 N–H and O–H groups in total. The summed E-state index contributed by atoms with van der Waals surface area (Å²) in [6, 6.07) is 0. The molecule has 0 amide bonds. The molecule has 1 saturated carbocycles. The van der Waals surface area contributed by atoms with Gasteiger partial charge in [-0.05, 0) is 32.6 Å². The van der Waals surface area contributed by atoms with Crippen LogP contribution in [0.5, 0.6) is 0 Å². The van der Waals surface area contributed by atoms with Crippen molar-refractivity contribution in [3.63, 3.8) is 0 Å². The van der Waals surface area contributed by atoms with E-state index in [1.807, 2.05) is 0 Å². The molecule has 0 aromatic carbocycles. The minimum Gasteiger partial charge on any atom is -0.370 e. The number of rotatable bonds is 5. The van der Waals surface area contributed by atoms with Crippen LogP contribution in [0.1, 0.15) is 51.9 Å². The highest BCUT2D eigenvalue weighted by atomic mass is 35.5. The van der Waals surface area contributed by atoms with Gasteiger partial charge in [0, 0.05) is 23.8 Å². The summed E-state index contributed by atoms with van der Waals surface area (Å²) in [5.41, 5.74) is 0.0394. The van der Waals surface area contributed by atoms with E-state index in [0.717, 1.165) is 6.54 Å². The average Bonchev–Trinajstić information content (AvgIpc) is 2.80. The third-order valence-corrected chi connectivity index (χ3v) is 5.63. The summed E-state index contributed by atoms with van der Waals surface area (Å²) >= 11 is 11.9. The Morgan fingerprint density at radius 3 is 2.44 bits per heavy atom. The van der Waals surface area contributed by atoms with E-state index >= 15 is 0 Å². The van der Waals surface area contributed by atoms with E-state index in [2.05, 4.69) is 12.2 Å². The molecule has 1 saturated heterocycles. The van der Waals surface area contributed by atoms with Crippen molar-refractivity contribution in [1.29, 1.82) is 0 Å². The van der Waals surface area contributed by atoms with E-state index in [9.17, 15) is 0 Å². The zero-order valence-electron chi connectivity index (χ0n) is 11.3. The van der Waals surface area contributed by atoms with Crippen molar-refractivity contribution < 1.29 is 4.74 Å². The van der Waals surface area contributed by atoms with Crippen LogP contribution in [0.3, 0.4) is 0 Å². The summed E-state index contributed by atoms with van der Waals surface area (Å²) in [5.74, 6) is 1.07. The molecular formula is C14H25Cl2NO. The molecule has 1 aliphatic carbocycles. The Balaban J connectivity index is 1.79. The third kappa shape index (κ3) is 3.53. The van der Waals surface area contributed by atoms with Crippen LogP contribution in [0, 0.1) is 0 Å². The second kappa shape index (κ2) is 6.30. The molecule has 0 bridgehead atoms. The van der Waals surface area contributed by atoms with E-state index in [-0.39, 0.29) is 11.1 Å². The van der Waals surface area contributed by atoms with Gasteiger partial charge in [-0.15, -0.1) is 23.2 Å². The Kier molecular flexibility index (Phi) is 5.21. The smallest absolute Gasteiger partial charge is 0.0708 e. The Labute approximate surface area is 121 Å². The van der Waals surface area contributed by atoms with Crippen LogP contribution < -0.4 is 5.32 Å². The number of hydrogen-bond donors (Lipinski definition) is 1. The van der Waals surface area contributed by atoms with Gasteiger partial charge in [0.15, 0.2) is 0 Å². The molecule has 2 rings (SSSR count). The molecule has 18 heavy (non-hydrogen) atoms. The van der Waals surface area contributed by atoms with Gasteiger partial charge in [0.05, 0.1) is 11.7 Å². The predicted molar refractivity (Wildman–Crippen MR) is 77.8 cm³/mol. The van der Waals surface area contributed by atoms with Gasteiger partial charge in [0.1, 0.15) is 0 Å². The van der Waals surface area contributed by atoms with Crippen LogP contribution in [-0.4, -0.2) is 35.5 Å². The predicted octanol–water partition coefficient (Wildman–Crippen LogP) is 3.69. The van der Waals surface area contributed by atoms with Crippen molar-refractivity contribution in [3.8, 4) is 0 Å². The topological polar surface area (TPSA) is 21.3 Å². The maximum Gasteiger partial charge on any atom is 0.0708 e. The number of ether oxygens (including phenoxy) is 1. The number of alkyl halides is 2. The Hall–Kier alpha value is 0.500. The van der Waals surface area contributed by atoms with Crippen molar-refractivity contribution in [2.24, 2.45) is 0 Å². The quantitative estimate of drug-likeness (QED) is 0.781. The largest absolute Gasteiger partial charge is 0.370 e. The number of hydrogen-bond acceptors (Lipinski definition) is 2. The van der Waals surface area contributed by atoms with E-state index < -0.39 is 0 Å². The van der Waals surface area contributed by atoms with E-state index in [0.29, 0.717) is 17.9 Å². The highest BCUT2D eigenvalue weighted by Gasteiger charge is 2.41. The molecule has 2 aliphatic rings. The summed E-state index contributed by atoms with van der Waals surface area (Å²) in [5, 5.41) is 3.47. The number of halogens is 2. The van der Waals surface area contributed by atoms with Gasteiger partial charge in [-0.2, -0.15) is 0 Å². The minimum absolute atomic E-state index is 0.172. The van der Waals surface area contributed by atoms with Gasteiger partial charge in [-0.3, -0.25) is 0 Å². The van der Waals surface area contributed by atoms with Gasteiger partial charge in [-0.25, -0.2) is 0 Å². The van der Waals surface area contributed by atoms with Gasteiger partial charge in [0.2, 0.25) is 0 Å². The van der Waals surface area contributed by atoms with E-state index in [1.165, 1.54) is 44.9 Å². The standard InChI is InChI=1S/C14H25Cl2NO/c1-13(10-15,11-16)17-9-12-5-8-14(18-12)6-3-2-4-7-14/h12,17H,2-11H2,1H3. The lowest BCUT2D eigenvalue weighted by Crippen LogP contribution is -2.49. The molecule has 1 heterocycles. The van der Waals surface area contributed by atoms with Crippen molar-refractivity contribution in [2.75, 3.05) is 18.3 Å². The van der Waals surface area contributed by atoms with Crippen LogP contribution >= 0.6 is 23.2 Å². The summed E-state index contributed by atoms with van der Waals surface area (Å²) in [6.45, 7) is 2.94. The van der Waals surface area contributed by atoms with Crippen molar-refractivity contribution in [3.05, 3.63) is 0 Å². The number of nitrogens with one attached hydrogen (secondary N) is 1. The highest BCUT2D eigenvalue weighted by Crippen LogP contribution is 2.41. The first-order chi connectivity index (χ1) is 8.61. The lowest BCUT2D eigenvalue weighted by atomic mass is 9.83. The second-order valence-electron chi connectivity index (χ2n) is 6.23. The van der Waals surface area contributed by atoms with Gasteiger partial charge >= 0.3 is 0 Å². The molecule has 2 nitrogen and oxygen atoms in total. The average molecular weight is 294 g/mol. The van der Waals surface area contributed by atoms with Crippen LogP contribution in [0.25, 0.3) is 0 Å². The van der Waals surface area contributed by atoms with Crippen LogP contribution in [0.4, 0.5) is 0 Å². The first-order valence-electron chi connectivity index (χ1n) is 7.16. The van der Waals surface area contributed by atoms with Crippen LogP contribution in [0.2, 0.25) is 0 Å². The fourth-order valence-electron chi connectivity index (χ4n) is 3.09. The summed E-state index contributed by atoms with van der Waals surface area (Å²) in [7, 11) is 0. The molecule has 1 atom stereocenters. The minimum atomic E-state index is -0.172. The lowest BCUT2D eigenvalue weighted by molar-refractivity contribution is -0.0635. The fraction of sp³-hybridized carbons (Fsp3) is 1.00. The summed E-state index contributed by atoms with van der Waals surface area (Å²) in [6.07, 6.45) is 9.31. The normalized spacial score (nSPS) is 27.8. The zero-order chi connectivity index (χ0) is 13.1. The Bertz CT molecular complexity index is 263. The SMILES string of the molecule is CC(CCl)(CCl)NCC1CCC2(CCCCC2)O1. The first-order valence-corrected chi connectivity index (χ1v) is 8.23. The molecule has 106 valence electrons. The van der Waals surface area contributed by atoms with E-state index in [1.54, 1.807) is 0 Å². The van der Waals surface area contributed by atoms with Gasteiger partial charge in [-0.1, -0.05) is 19.3 Å². The summed E-state index contributed by atoms with van der Waals surface area (Å²) in [4.78, 5) is 0. The molecule has 0 aromatic heterocycles. The van der Waals surface area contributed by atoms with Gasteiger partial charge in [0.25, 0.3) is 0 Å². The van der Waals surface area contributed by atoms with E-state index in [4.69, 9.17) is 27.9 Å². The molecule has 1 aliphatic heterocycles. The highest BCUT2D eigenvalue weighted by molar-refractivity contribution is 6.22.